The van der Waals surface area contributed by atoms with E-state index in [0.29, 0.717) is 12.5 Å². The molecule has 4 heteroatoms. The number of fused-ring (bicyclic) bond motifs is 1. The van der Waals surface area contributed by atoms with Crippen molar-refractivity contribution in [1.29, 1.82) is 0 Å². The number of aliphatic imine (C=N–C) groups is 1. The summed E-state index contributed by atoms with van der Waals surface area (Å²) in [5, 5.41) is 1.22. The van der Waals surface area contributed by atoms with Crippen molar-refractivity contribution in [3.63, 3.8) is 0 Å². The number of H-pyrrole nitrogens is 1. The van der Waals surface area contributed by atoms with Gasteiger partial charge in [-0.25, -0.2) is 0 Å². The van der Waals surface area contributed by atoms with Gasteiger partial charge in [0.2, 0.25) is 0 Å². The standard InChI is InChI=1S/C16H23N3O/c1-3-12(10-18-6-7-20-2)8-13-11-19-16-5-4-14(17)9-15(13)16/h4-5,9-12,19H,3,6-8,17H2,1-2H3/t12-/m1/s1. The molecule has 1 aromatic heterocycles. The summed E-state index contributed by atoms with van der Waals surface area (Å²) in [5.41, 5.74) is 9.12. The topological polar surface area (TPSA) is 63.4 Å². The average molecular weight is 273 g/mol. The first-order valence-corrected chi connectivity index (χ1v) is 7.09. The van der Waals surface area contributed by atoms with Gasteiger partial charge in [-0.2, -0.15) is 0 Å². The molecule has 1 atom stereocenters. The molecule has 0 aliphatic carbocycles. The smallest absolute Gasteiger partial charge is 0.0657 e. The second-order valence-corrected chi connectivity index (χ2v) is 5.04. The Morgan fingerprint density at radius 3 is 3.05 bits per heavy atom. The molecule has 0 unspecified atom stereocenters. The first-order valence-electron chi connectivity index (χ1n) is 7.09. The van der Waals surface area contributed by atoms with E-state index in [0.717, 1.165) is 30.6 Å². The van der Waals surface area contributed by atoms with Crippen molar-refractivity contribution in [2.75, 3.05) is 26.0 Å². The maximum absolute atomic E-state index is 5.87. The van der Waals surface area contributed by atoms with Gasteiger partial charge in [0.1, 0.15) is 0 Å². The Morgan fingerprint density at radius 2 is 2.30 bits per heavy atom. The minimum Gasteiger partial charge on any atom is -0.399 e. The van der Waals surface area contributed by atoms with Crippen LogP contribution in [0.15, 0.2) is 29.4 Å². The van der Waals surface area contributed by atoms with Crippen molar-refractivity contribution in [1.82, 2.24) is 4.98 Å². The van der Waals surface area contributed by atoms with Crippen LogP contribution in [0.5, 0.6) is 0 Å². The third-order valence-electron chi connectivity index (χ3n) is 3.54. The molecule has 1 aromatic carbocycles. The maximum Gasteiger partial charge on any atom is 0.0657 e. The van der Waals surface area contributed by atoms with Gasteiger partial charge >= 0.3 is 0 Å². The fourth-order valence-electron chi connectivity index (χ4n) is 2.32. The van der Waals surface area contributed by atoms with E-state index in [1.807, 2.05) is 18.2 Å². The monoisotopic (exact) mass is 273 g/mol. The lowest BCUT2D eigenvalue weighted by Crippen LogP contribution is -2.06. The molecule has 0 saturated carbocycles. The number of aromatic amines is 1. The van der Waals surface area contributed by atoms with Crippen LogP contribution in [0.25, 0.3) is 10.9 Å². The highest BCUT2D eigenvalue weighted by molar-refractivity contribution is 5.86. The third-order valence-corrected chi connectivity index (χ3v) is 3.54. The van der Waals surface area contributed by atoms with Crippen LogP contribution in [-0.2, 0) is 11.2 Å². The van der Waals surface area contributed by atoms with Gasteiger partial charge in [-0.1, -0.05) is 6.92 Å². The lowest BCUT2D eigenvalue weighted by atomic mass is 9.97. The van der Waals surface area contributed by atoms with Crippen molar-refractivity contribution in [3.05, 3.63) is 30.0 Å². The van der Waals surface area contributed by atoms with E-state index in [1.54, 1.807) is 7.11 Å². The van der Waals surface area contributed by atoms with Crippen LogP contribution in [0, 0.1) is 5.92 Å². The summed E-state index contributed by atoms with van der Waals surface area (Å²) >= 11 is 0. The Morgan fingerprint density at radius 1 is 1.45 bits per heavy atom. The Balaban J connectivity index is 2.09. The molecule has 0 bridgehead atoms. The van der Waals surface area contributed by atoms with Crippen LogP contribution in [0.2, 0.25) is 0 Å². The van der Waals surface area contributed by atoms with Crippen molar-refractivity contribution in [3.8, 4) is 0 Å². The van der Waals surface area contributed by atoms with Crippen LogP contribution in [0.1, 0.15) is 18.9 Å². The summed E-state index contributed by atoms with van der Waals surface area (Å²) in [5.74, 6) is 0.451. The van der Waals surface area contributed by atoms with E-state index >= 15 is 0 Å². The van der Waals surface area contributed by atoms with E-state index in [-0.39, 0.29) is 0 Å². The van der Waals surface area contributed by atoms with E-state index in [2.05, 4.69) is 29.3 Å². The lowest BCUT2D eigenvalue weighted by Gasteiger charge is -2.08. The molecule has 20 heavy (non-hydrogen) atoms. The van der Waals surface area contributed by atoms with Gasteiger partial charge in [-0.3, -0.25) is 4.99 Å². The Hall–Kier alpha value is -1.81. The average Bonchev–Trinajstić information content (AvgIpc) is 2.84. The molecular weight excluding hydrogens is 250 g/mol. The number of nitrogens with one attached hydrogen (secondary N) is 1. The molecular formula is C16H23N3O. The van der Waals surface area contributed by atoms with Crippen LogP contribution < -0.4 is 5.73 Å². The molecule has 0 aliphatic rings. The minimum atomic E-state index is 0.451. The summed E-state index contributed by atoms with van der Waals surface area (Å²) in [7, 11) is 1.70. The number of nitrogens with two attached hydrogens (primary N) is 1. The van der Waals surface area contributed by atoms with E-state index in [1.165, 1.54) is 10.9 Å². The molecule has 0 fully saturated rings. The van der Waals surface area contributed by atoms with Crippen LogP contribution >= 0.6 is 0 Å². The van der Waals surface area contributed by atoms with E-state index < -0.39 is 0 Å². The van der Waals surface area contributed by atoms with Gasteiger partial charge in [0.25, 0.3) is 0 Å². The third kappa shape index (κ3) is 3.61. The fourth-order valence-corrected chi connectivity index (χ4v) is 2.32. The number of nitrogens with zero attached hydrogens (tertiary/aromatic N) is 1. The zero-order valence-corrected chi connectivity index (χ0v) is 12.2. The van der Waals surface area contributed by atoms with Crippen molar-refractivity contribution in [2.24, 2.45) is 10.9 Å². The van der Waals surface area contributed by atoms with Gasteiger partial charge in [0, 0.05) is 36.1 Å². The zero-order valence-electron chi connectivity index (χ0n) is 12.2. The highest BCUT2D eigenvalue weighted by Gasteiger charge is 2.09. The molecule has 2 aromatic rings. The minimum absolute atomic E-state index is 0.451. The Bertz CT molecular complexity index is 574. The first-order chi connectivity index (χ1) is 9.74. The summed E-state index contributed by atoms with van der Waals surface area (Å²) in [4.78, 5) is 7.73. The first kappa shape index (κ1) is 14.6. The molecule has 0 spiro atoms. The molecule has 0 amide bonds. The van der Waals surface area contributed by atoms with Crippen LogP contribution in [0.4, 0.5) is 5.69 Å². The molecule has 0 radical (unpaired) electrons. The molecule has 1 heterocycles. The van der Waals surface area contributed by atoms with Gasteiger partial charge < -0.3 is 15.5 Å². The number of rotatable bonds is 7. The van der Waals surface area contributed by atoms with Crippen molar-refractivity contribution >= 4 is 22.8 Å². The number of hydrogen-bond acceptors (Lipinski definition) is 3. The second kappa shape index (κ2) is 7.10. The second-order valence-electron chi connectivity index (χ2n) is 5.04. The van der Waals surface area contributed by atoms with Gasteiger partial charge in [-0.05, 0) is 42.5 Å². The lowest BCUT2D eigenvalue weighted by molar-refractivity contribution is 0.208. The van der Waals surface area contributed by atoms with E-state index in [4.69, 9.17) is 10.5 Å². The quantitative estimate of drug-likeness (QED) is 0.462. The number of benzene rings is 1. The summed E-state index contributed by atoms with van der Waals surface area (Å²) in [6, 6.07) is 5.99. The van der Waals surface area contributed by atoms with E-state index in [9.17, 15) is 0 Å². The summed E-state index contributed by atoms with van der Waals surface area (Å²) < 4.78 is 5.00. The van der Waals surface area contributed by atoms with Gasteiger partial charge in [0.15, 0.2) is 0 Å². The SMILES string of the molecule is CC[C@@H](C=NCCOC)Cc1c[nH]c2ccc(N)cc12. The number of ether oxygens (including phenoxy) is 1. The summed E-state index contributed by atoms with van der Waals surface area (Å²) in [6.07, 6.45) is 6.20. The zero-order chi connectivity index (χ0) is 14.4. The fraction of sp³-hybridized carbons (Fsp3) is 0.438. The normalized spacial score (nSPS) is 13.3. The number of aromatic nitrogens is 1. The molecule has 4 nitrogen and oxygen atoms in total. The predicted octanol–water partition coefficient (Wildman–Crippen LogP) is 3.04. The van der Waals surface area contributed by atoms with Crippen molar-refractivity contribution < 1.29 is 4.74 Å². The number of hydrogen-bond donors (Lipinski definition) is 2. The number of methoxy groups -OCH3 is 1. The highest BCUT2D eigenvalue weighted by atomic mass is 16.5. The van der Waals surface area contributed by atoms with Gasteiger partial charge in [0.05, 0.1) is 13.2 Å². The summed E-state index contributed by atoms with van der Waals surface area (Å²) in [6.45, 7) is 3.60. The number of anilines is 1. The Kier molecular flexibility index (Phi) is 5.18. The molecule has 0 saturated heterocycles. The Labute approximate surface area is 120 Å². The molecule has 2 rings (SSSR count). The van der Waals surface area contributed by atoms with Gasteiger partial charge in [-0.15, -0.1) is 0 Å². The molecule has 3 N–H and O–H groups in total. The number of nitrogen functional groups attached to an aromatic ring is 1. The van der Waals surface area contributed by atoms with Crippen molar-refractivity contribution in [2.45, 2.75) is 19.8 Å². The highest BCUT2D eigenvalue weighted by Crippen LogP contribution is 2.23. The largest absolute Gasteiger partial charge is 0.399 e. The predicted molar refractivity (Wildman–Crippen MR) is 85.4 cm³/mol. The molecule has 108 valence electrons. The van der Waals surface area contributed by atoms with Crippen LogP contribution in [-0.4, -0.2) is 31.5 Å². The maximum atomic E-state index is 5.87. The molecule has 0 aliphatic heterocycles. The van der Waals surface area contributed by atoms with Crippen LogP contribution in [0.3, 0.4) is 0 Å².